The predicted octanol–water partition coefficient (Wildman–Crippen LogP) is 2.36. The third kappa shape index (κ3) is 0.703. The van der Waals surface area contributed by atoms with Crippen molar-refractivity contribution in [2.24, 2.45) is 0 Å². The molecule has 0 radical (unpaired) electrons. The zero-order valence-electron chi connectivity index (χ0n) is 6.15. The van der Waals surface area contributed by atoms with Gasteiger partial charge in [-0.15, -0.1) is 0 Å². The van der Waals surface area contributed by atoms with E-state index in [2.05, 4.69) is 24.1 Å². The molecule has 1 aliphatic carbocycles. The van der Waals surface area contributed by atoms with E-state index < -0.39 is 0 Å². The molecular weight excluding hydrogens is 122 g/mol. The average Bonchev–Trinajstić information content (AvgIpc) is 2.36. The number of hydrogen-bond donors (Lipinski definition) is 1. The van der Waals surface area contributed by atoms with Crippen LogP contribution in [0.1, 0.15) is 24.6 Å². The number of aryl methyl sites for hydroxylation is 1. The molecule has 10 heavy (non-hydrogen) atoms. The van der Waals surface area contributed by atoms with E-state index in [9.17, 15) is 0 Å². The summed E-state index contributed by atoms with van der Waals surface area (Å²) in [6, 6.07) is 2.15. The minimum atomic E-state index is 1.18. The fourth-order valence-corrected chi connectivity index (χ4v) is 1.52. The summed E-state index contributed by atoms with van der Waals surface area (Å²) in [6.45, 7) is 2.17. The lowest BCUT2D eigenvalue weighted by molar-refractivity contribution is 0.937. The first-order valence-electron chi connectivity index (χ1n) is 3.71. The predicted molar refractivity (Wildman–Crippen MR) is 42.8 cm³/mol. The lowest BCUT2D eigenvalue weighted by atomic mass is 9.98. The highest BCUT2D eigenvalue weighted by atomic mass is 14.7. The summed E-state index contributed by atoms with van der Waals surface area (Å²) in [5, 5.41) is 0. The lowest BCUT2D eigenvalue weighted by Gasteiger charge is -2.08. The van der Waals surface area contributed by atoms with Gasteiger partial charge in [-0.25, -0.2) is 0 Å². The Morgan fingerprint density at radius 3 is 3.20 bits per heavy atom. The highest BCUT2D eigenvalue weighted by Gasteiger charge is 2.08. The molecule has 52 valence electrons. The van der Waals surface area contributed by atoms with Crippen LogP contribution in [0.15, 0.2) is 18.3 Å². The molecule has 1 N–H and O–H groups in total. The molecule has 1 aliphatic rings. The maximum atomic E-state index is 3.25. The monoisotopic (exact) mass is 133 g/mol. The summed E-state index contributed by atoms with van der Waals surface area (Å²) in [5.74, 6) is 0. The number of aromatic nitrogens is 1. The van der Waals surface area contributed by atoms with Gasteiger partial charge in [0.15, 0.2) is 0 Å². The molecule has 0 saturated carbocycles. The van der Waals surface area contributed by atoms with E-state index in [1.165, 1.54) is 29.7 Å². The van der Waals surface area contributed by atoms with Gasteiger partial charge in [-0.1, -0.05) is 6.08 Å². The molecule has 0 unspecified atom stereocenters. The van der Waals surface area contributed by atoms with Gasteiger partial charge in [-0.2, -0.15) is 0 Å². The Balaban J connectivity index is 2.55. The molecule has 0 saturated heterocycles. The van der Waals surface area contributed by atoms with Crippen LogP contribution in [0, 0.1) is 0 Å². The largest absolute Gasteiger partial charge is 0.364 e. The molecule has 0 aromatic carbocycles. The van der Waals surface area contributed by atoms with Gasteiger partial charge in [0, 0.05) is 11.9 Å². The highest BCUT2D eigenvalue weighted by Crippen LogP contribution is 2.24. The Hall–Kier alpha value is -0.980. The molecule has 0 spiro atoms. The van der Waals surface area contributed by atoms with E-state index in [-0.39, 0.29) is 0 Å². The van der Waals surface area contributed by atoms with E-state index in [1.54, 1.807) is 0 Å². The van der Waals surface area contributed by atoms with Crippen LogP contribution in [-0.4, -0.2) is 4.98 Å². The first-order chi connectivity index (χ1) is 4.88. The standard InChI is InChI=1S/C9H11N/c1-7-3-2-4-9-8(7)5-6-10-9/h3,5-6,10H,2,4H2,1H3. The van der Waals surface area contributed by atoms with Gasteiger partial charge in [0.2, 0.25) is 0 Å². The van der Waals surface area contributed by atoms with Gasteiger partial charge in [0.1, 0.15) is 0 Å². The van der Waals surface area contributed by atoms with Crippen LogP contribution in [0.2, 0.25) is 0 Å². The summed E-state index contributed by atoms with van der Waals surface area (Å²) < 4.78 is 0. The number of rotatable bonds is 0. The van der Waals surface area contributed by atoms with E-state index >= 15 is 0 Å². The number of H-pyrrole nitrogens is 1. The van der Waals surface area contributed by atoms with Crippen molar-refractivity contribution >= 4 is 5.57 Å². The zero-order valence-corrected chi connectivity index (χ0v) is 6.15. The third-order valence-corrected chi connectivity index (χ3v) is 2.10. The molecule has 1 nitrogen and oxygen atoms in total. The van der Waals surface area contributed by atoms with Gasteiger partial charge >= 0.3 is 0 Å². The number of nitrogens with one attached hydrogen (secondary N) is 1. The Bertz CT molecular complexity index is 268. The van der Waals surface area contributed by atoms with Crippen molar-refractivity contribution in [2.45, 2.75) is 19.8 Å². The molecule has 0 aliphatic heterocycles. The second-order valence-corrected chi connectivity index (χ2v) is 2.80. The number of allylic oxidation sites excluding steroid dienone is 2. The van der Waals surface area contributed by atoms with Gasteiger partial charge in [-0.05, 0) is 37.0 Å². The molecule has 2 rings (SSSR count). The van der Waals surface area contributed by atoms with E-state index in [4.69, 9.17) is 0 Å². The molecule has 0 fully saturated rings. The van der Waals surface area contributed by atoms with Crippen LogP contribution < -0.4 is 0 Å². The van der Waals surface area contributed by atoms with Crippen molar-refractivity contribution in [3.63, 3.8) is 0 Å². The summed E-state index contributed by atoms with van der Waals surface area (Å²) >= 11 is 0. The third-order valence-electron chi connectivity index (χ3n) is 2.10. The fourth-order valence-electron chi connectivity index (χ4n) is 1.52. The molecule has 0 atom stereocenters. The molecule has 1 heteroatoms. The number of fused-ring (bicyclic) bond motifs is 1. The van der Waals surface area contributed by atoms with Crippen LogP contribution >= 0.6 is 0 Å². The minimum absolute atomic E-state index is 1.18. The summed E-state index contributed by atoms with van der Waals surface area (Å²) in [5.41, 5.74) is 4.23. The molecule has 1 aromatic rings. The van der Waals surface area contributed by atoms with Gasteiger partial charge in [-0.3, -0.25) is 0 Å². The van der Waals surface area contributed by atoms with Gasteiger partial charge in [0.05, 0.1) is 0 Å². The SMILES string of the molecule is CC1=CCCc2[nH]ccc21. The molecule has 0 amide bonds. The lowest BCUT2D eigenvalue weighted by Crippen LogP contribution is -1.94. The second-order valence-electron chi connectivity index (χ2n) is 2.80. The van der Waals surface area contributed by atoms with Crippen molar-refractivity contribution in [3.05, 3.63) is 29.6 Å². The van der Waals surface area contributed by atoms with Crippen LogP contribution in [0.5, 0.6) is 0 Å². The zero-order chi connectivity index (χ0) is 6.97. The van der Waals surface area contributed by atoms with Crippen molar-refractivity contribution < 1.29 is 0 Å². The molecule has 0 bridgehead atoms. The average molecular weight is 133 g/mol. The summed E-state index contributed by atoms with van der Waals surface area (Å²) in [6.07, 6.45) is 6.70. The van der Waals surface area contributed by atoms with Crippen LogP contribution in [0.3, 0.4) is 0 Å². The summed E-state index contributed by atoms with van der Waals surface area (Å²) in [7, 11) is 0. The Morgan fingerprint density at radius 1 is 1.50 bits per heavy atom. The van der Waals surface area contributed by atoms with Crippen molar-refractivity contribution in [1.29, 1.82) is 0 Å². The van der Waals surface area contributed by atoms with Crippen LogP contribution in [0.4, 0.5) is 0 Å². The quantitative estimate of drug-likeness (QED) is 0.559. The van der Waals surface area contributed by atoms with Gasteiger partial charge in [0.25, 0.3) is 0 Å². The molecular formula is C9H11N. The fraction of sp³-hybridized carbons (Fsp3) is 0.333. The molecule has 1 aromatic heterocycles. The van der Waals surface area contributed by atoms with Crippen molar-refractivity contribution in [2.75, 3.05) is 0 Å². The normalized spacial score (nSPS) is 16.3. The smallest absolute Gasteiger partial charge is 0.0226 e. The highest BCUT2D eigenvalue weighted by molar-refractivity contribution is 5.67. The van der Waals surface area contributed by atoms with E-state index in [0.29, 0.717) is 0 Å². The minimum Gasteiger partial charge on any atom is -0.364 e. The number of aromatic amines is 1. The van der Waals surface area contributed by atoms with E-state index in [0.717, 1.165) is 0 Å². The maximum absolute atomic E-state index is 3.25. The van der Waals surface area contributed by atoms with E-state index in [1.807, 2.05) is 6.20 Å². The second kappa shape index (κ2) is 2.01. The van der Waals surface area contributed by atoms with Crippen molar-refractivity contribution in [3.8, 4) is 0 Å². The first kappa shape index (κ1) is 5.78. The molecule has 1 heterocycles. The first-order valence-corrected chi connectivity index (χ1v) is 3.71. The number of hydrogen-bond acceptors (Lipinski definition) is 0. The van der Waals surface area contributed by atoms with Gasteiger partial charge < -0.3 is 4.98 Å². The van der Waals surface area contributed by atoms with Crippen LogP contribution in [0.25, 0.3) is 5.57 Å². The van der Waals surface area contributed by atoms with Crippen molar-refractivity contribution in [1.82, 2.24) is 4.98 Å². The topological polar surface area (TPSA) is 15.8 Å². The Labute approximate surface area is 60.8 Å². The summed E-state index contributed by atoms with van der Waals surface area (Å²) in [4.78, 5) is 3.25. The maximum Gasteiger partial charge on any atom is 0.0226 e. The Kier molecular flexibility index (Phi) is 1.16. The Morgan fingerprint density at radius 2 is 2.40 bits per heavy atom. The van der Waals surface area contributed by atoms with Crippen LogP contribution in [-0.2, 0) is 6.42 Å².